The van der Waals surface area contributed by atoms with Gasteiger partial charge in [-0.15, -0.1) is 0 Å². The van der Waals surface area contributed by atoms with E-state index >= 15 is 0 Å². The van der Waals surface area contributed by atoms with E-state index in [1.54, 1.807) is 0 Å². The van der Waals surface area contributed by atoms with E-state index in [1.165, 1.54) is 25.9 Å². The van der Waals surface area contributed by atoms with E-state index in [9.17, 15) is 0 Å². The molecule has 1 saturated heterocycles. The van der Waals surface area contributed by atoms with Crippen molar-refractivity contribution in [2.45, 2.75) is 19.4 Å². The van der Waals surface area contributed by atoms with Crippen LogP contribution in [0.15, 0.2) is 30.6 Å². The lowest BCUT2D eigenvalue weighted by Gasteiger charge is -2.13. The Morgan fingerprint density at radius 3 is 2.94 bits per heavy atom. The van der Waals surface area contributed by atoms with Crippen LogP contribution in [0.3, 0.4) is 0 Å². The molecule has 0 N–H and O–H groups in total. The number of aromatic nitrogens is 2. The monoisotopic (exact) mass is 213 g/mol. The maximum absolute atomic E-state index is 4.49. The Kier molecular flexibility index (Phi) is 2.54. The maximum Gasteiger partial charge on any atom is 0.0736 e. The van der Waals surface area contributed by atoms with Crippen LogP contribution in [-0.2, 0) is 6.54 Å². The molecule has 3 heterocycles. The minimum Gasteiger partial charge on any atom is -0.298 e. The summed E-state index contributed by atoms with van der Waals surface area (Å²) in [6.07, 6.45) is 6.41. The normalized spacial score (nSPS) is 17.0. The standard InChI is InChI=1S/C13H15N3/c1-2-7-16(6-1)10-12-8-13-11(9-15-12)4-3-5-14-13/h3-5,8-9H,1-2,6-7,10H2. The minimum absolute atomic E-state index is 0.965. The first-order chi connectivity index (χ1) is 7.92. The van der Waals surface area contributed by atoms with Crippen molar-refractivity contribution in [1.29, 1.82) is 0 Å². The van der Waals surface area contributed by atoms with Crippen LogP contribution >= 0.6 is 0 Å². The van der Waals surface area contributed by atoms with E-state index in [1.807, 2.05) is 18.5 Å². The number of fused-ring (bicyclic) bond motifs is 1. The van der Waals surface area contributed by atoms with Gasteiger partial charge in [-0.3, -0.25) is 14.9 Å². The van der Waals surface area contributed by atoms with Crippen LogP contribution in [0.5, 0.6) is 0 Å². The Hall–Kier alpha value is -1.48. The third kappa shape index (κ3) is 1.91. The molecule has 0 unspecified atom stereocenters. The number of nitrogens with zero attached hydrogens (tertiary/aromatic N) is 3. The van der Waals surface area contributed by atoms with Crippen molar-refractivity contribution in [1.82, 2.24) is 14.9 Å². The Morgan fingerprint density at radius 1 is 1.19 bits per heavy atom. The molecule has 0 aromatic carbocycles. The van der Waals surface area contributed by atoms with Crippen molar-refractivity contribution in [2.75, 3.05) is 13.1 Å². The maximum atomic E-state index is 4.49. The molecule has 82 valence electrons. The van der Waals surface area contributed by atoms with Crippen molar-refractivity contribution in [3.63, 3.8) is 0 Å². The number of hydrogen-bond acceptors (Lipinski definition) is 3. The summed E-state index contributed by atoms with van der Waals surface area (Å²) >= 11 is 0. The topological polar surface area (TPSA) is 29.0 Å². The molecule has 3 rings (SSSR count). The molecular weight excluding hydrogens is 198 g/mol. The summed E-state index contributed by atoms with van der Waals surface area (Å²) < 4.78 is 0. The quantitative estimate of drug-likeness (QED) is 0.766. The van der Waals surface area contributed by atoms with Gasteiger partial charge in [0.1, 0.15) is 0 Å². The van der Waals surface area contributed by atoms with Crippen LogP contribution in [0, 0.1) is 0 Å². The molecule has 3 nitrogen and oxygen atoms in total. The summed E-state index contributed by atoms with van der Waals surface area (Å²) in [4.78, 5) is 11.3. The predicted molar refractivity (Wildman–Crippen MR) is 64.0 cm³/mol. The molecule has 3 heteroatoms. The number of pyridine rings is 2. The van der Waals surface area contributed by atoms with E-state index in [4.69, 9.17) is 0 Å². The molecule has 1 aliphatic heterocycles. The largest absolute Gasteiger partial charge is 0.298 e. The van der Waals surface area contributed by atoms with E-state index in [-0.39, 0.29) is 0 Å². The highest BCUT2D eigenvalue weighted by molar-refractivity contribution is 5.77. The highest BCUT2D eigenvalue weighted by atomic mass is 15.1. The average molecular weight is 213 g/mol. The van der Waals surface area contributed by atoms with Crippen LogP contribution in [0.1, 0.15) is 18.5 Å². The fraction of sp³-hybridized carbons (Fsp3) is 0.385. The zero-order valence-electron chi connectivity index (χ0n) is 9.26. The van der Waals surface area contributed by atoms with E-state index < -0.39 is 0 Å². The molecule has 0 amide bonds. The molecule has 0 bridgehead atoms. The Balaban J connectivity index is 1.86. The average Bonchev–Trinajstić information content (AvgIpc) is 2.82. The minimum atomic E-state index is 0.965. The molecule has 16 heavy (non-hydrogen) atoms. The molecule has 1 fully saturated rings. The predicted octanol–water partition coefficient (Wildman–Crippen LogP) is 2.23. The van der Waals surface area contributed by atoms with Gasteiger partial charge in [-0.25, -0.2) is 0 Å². The molecule has 0 spiro atoms. The van der Waals surface area contributed by atoms with E-state index in [0.717, 1.165) is 23.1 Å². The van der Waals surface area contributed by atoms with Gasteiger partial charge in [0.05, 0.1) is 11.2 Å². The van der Waals surface area contributed by atoms with Crippen LogP contribution in [-0.4, -0.2) is 28.0 Å². The van der Waals surface area contributed by atoms with Crippen molar-refractivity contribution in [2.24, 2.45) is 0 Å². The van der Waals surface area contributed by atoms with Crippen molar-refractivity contribution >= 4 is 10.9 Å². The Bertz CT molecular complexity index is 489. The third-order valence-corrected chi connectivity index (χ3v) is 3.13. The van der Waals surface area contributed by atoms with Crippen LogP contribution in [0.25, 0.3) is 10.9 Å². The molecular formula is C13H15N3. The lowest BCUT2D eigenvalue weighted by atomic mass is 10.2. The first-order valence-electron chi connectivity index (χ1n) is 5.84. The van der Waals surface area contributed by atoms with E-state index in [2.05, 4.69) is 27.0 Å². The second kappa shape index (κ2) is 4.18. The third-order valence-electron chi connectivity index (χ3n) is 3.13. The van der Waals surface area contributed by atoms with Crippen molar-refractivity contribution in [3.8, 4) is 0 Å². The van der Waals surface area contributed by atoms with Crippen LogP contribution in [0.2, 0.25) is 0 Å². The van der Waals surface area contributed by atoms with Gasteiger partial charge in [-0.05, 0) is 44.1 Å². The Morgan fingerprint density at radius 2 is 2.06 bits per heavy atom. The van der Waals surface area contributed by atoms with Crippen LogP contribution < -0.4 is 0 Å². The summed E-state index contributed by atoms with van der Waals surface area (Å²) in [5.41, 5.74) is 2.18. The van der Waals surface area contributed by atoms with Crippen LogP contribution in [0.4, 0.5) is 0 Å². The van der Waals surface area contributed by atoms with Gasteiger partial charge in [0, 0.05) is 24.3 Å². The molecule has 1 aliphatic rings. The second-order valence-corrected chi connectivity index (χ2v) is 4.35. The highest BCUT2D eigenvalue weighted by Gasteiger charge is 2.12. The summed E-state index contributed by atoms with van der Waals surface area (Å²) in [6, 6.07) is 6.10. The molecule has 2 aromatic heterocycles. The van der Waals surface area contributed by atoms with E-state index in [0.29, 0.717) is 0 Å². The van der Waals surface area contributed by atoms with Gasteiger partial charge < -0.3 is 0 Å². The van der Waals surface area contributed by atoms with Gasteiger partial charge in [0.25, 0.3) is 0 Å². The first kappa shape index (κ1) is 9.73. The SMILES string of the molecule is c1cnc2cc(CN3CCCC3)ncc2c1. The lowest BCUT2D eigenvalue weighted by molar-refractivity contribution is 0.327. The Labute approximate surface area is 95.1 Å². The fourth-order valence-corrected chi connectivity index (χ4v) is 2.26. The molecule has 0 saturated carbocycles. The van der Waals surface area contributed by atoms with Crippen molar-refractivity contribution in [3.05, 3.63) is 36.3 Å². The summed E-state index contributed by atoms with van der Waals surface area (Å²) in [6.45, 7) is 3.39. The van der Waals surface area contributed by atoms with Gasteiger partial charge in [0.15, 0.2) is 0 Å². The zero-order valence-corrected chi connectivity index (χ0v) is 9.26. The number of likely N-dealkylation sites (tertiary alicyclic amines) is 1. The fourth-order valence-electron chi connectivity index (χ4n) is 2.26. The smallest absolute Gasteiger partial charge is 0.0736 e. The first-order valence-corrected chi connectivity index (χ1v) is 5.84. The molecule has 0 aliphatic carbocycles. The number of hydrogen-bond donors (Lipinski definition) is 0. The number of rotatable bonds is 2. The van der Waals surface area contributed by atoms with Crippen molar-refractivity contribution < 1.29 is 0 Å². The summed E-state index contributed by atoms with van der Waals surface area (Å²) in [7, 11) is 0. The zero-order chi connectivity index (χ0) is 10.8. The summed E-state index contributed by atoms with van der Waals surface area (Å²) in [5.74, 6) is 0. The van der Waals surface area contributed by atoms with Gasteiger partial charge >= 0.3 is 0 Å². The van der Waals surface area contributed by atoms with Gasteiger partial charge in [-0.1, -0.05) is 0 Å². The second-order valence-electron chi connectivity index (χ2n) is 4.35. The molecule has 0 radical (unpaired) electrons. The lowest BCUT2D eigenvalue weighted by Crippen LogP contribution is -2.19. The van der Waals surface area contributed by atoms with Gasteiger partial charge in [0.2, 0.25) is 0 Å². The molecule has 0 atom stereocenters. The molecule has 2 aromatic rings. The summed E-state index contributed by atoms with van der Waals surface area (Å²) in [5, 5.41) is 1.12. The highest BCUT2D eigenvalue weighted by Crippen LogP contribution is 2.14. The van der Waals surface area contributed by atoms with Gasteiger partial charge in [-0.2, -0.15) is 0 Å².